The monoisotopic (exact) mass is 191 g/mol. The second-order valence-electron chi connectivity index (χ2n) is 2.94. The predicted molar refractivity (Wildman–Crippen MR) is 50.3 cm³/mol. The highest BCUT2D eigenvalue weighted by Gasteiger charge is 2.17. The molecule has 0 saturated heterocycles. The van der Waals surface area contributed by atoms with Crippen LogP contribution in [-0.2, 0) is 6.42 Å². The summed E-state index contributed by atoms with van der Waals surface area (Å²) in [6.45, 7) is 1.90. The van der Waals surface area contributed by atoms with Gasteiger partial charge in [-0.25, -0.2) is 4.79 Å². The van der Waals surface area contributed by atoms with Crippen LogP contribution in [0.2, 0.25) is 0 Å². The van der Waals surface area contributed by atoms with Gasteiger partial charge in [-0.05, 0) is 12.5 Å². The number of carbonyl (C=O) groups is 1. The molecule has 0 fully saturated rings. The third-order valence-electron chi connectivity index (χ3n) is 2.14. The predicted octanol–water partition coefficient (Wildman–Crippen LogP) is 2.09. The van der Waals surface area contributed by atoms with Crippen LogP contribution in [0.3, 0.4) is 0 Å². The van der Waals surface area contributed by atoms with Gasteiger partial charge in [-0.3, -0.25) is 4.98 Å². The summed E-state index contributed by atoms with van der Waals surface area (Å²) < 4.78 is 5.19. The highest BCUT2D eigenvalue weighted by atomic mass is 16.4. The number of aromatic nitrogens is 1. The van der Waals surface area contributed by atoms with E-state index in [9.17, 15) is 4.79 Å². The highest BCUT2D eigenvalue weighted by molar-refractivity contribution is 5.94. The number of hydrogen-bond acceptors (Lipinski definition) is 3. The lowest BCUT2D eigenvalue weighted by Crippen LogP contribution is -1.97. The van der Waals surface area contributed by atoms with Crippen molar-refractivity contribution in [3.8, 4) is 0 Å². The van der Waals surface area contributed by atoms with E-state index in [2.05, 4.69) is 4.98 Å². The van der Waals surface area contributed by atoms with Crippen LogP contribution in [0.15, 0.2) is 22.9 Å². The first kappa shape index (κ1) is 8.74. The molecule has 0 atom stereocenters. The third kappa shape index (κ3) is 1.16. The largest absolute Gasteiger partial charge is 0.475 e. The zero-order chi connectivity index (χ0) is 10.1. The molecule has 0 aliphatic carbocycles. The fourth-order valence-corrected chi connectivity index (χ4v) is 1.53. The van der Waals surface area contributed by atoms with Crippen molar-refractivity contribution in [3.05, 3.63) is 29.8 Å². The normalized spacial score (nSPS) is 10.6. The minimum absolute atomic E-state index is 0.0236. The van der Waals surface area contributed by atoms with Crippen LogP contribution in [0.5, 0.6) is 0 Å². The number of carboxylic acid groups (broad SMARTS) is 1. The molecule has 4 nitrogen and oxygen atoms in total. The van der Waals surface area contributed by atoms with Gasteiger partial charge in [0.1, 0.15) is 0 Å². The molecule has 0 radical (unpaired) electrons. The van der Waals surface area contributed by atoms with E-state index in [4.69, 9.17) is 9.52 Å². The minimum Gasteiger partial charge on any atom is -0.475 e. The molecule has 0 aromatic carbocycles. The molecule has 2 rings (SSSR count). The lowest BCUT2D eigenvalue weighted by molar-refractivity contribution is 0.0663. The number of aromatic carboxylic acids is 1. The van der Waals surface area contributed by atoms with Gasteiger partial charge in [-0.1, -0.05) is 6.92 Å². The Hall–Kier alpha value is -1.84. The van der Waals surface area contributed by atoms with E-state index in [1.54, 1.807) is 12.3 Å². The minimum atomic E-state index is -1.03. The van der Waals surface area contributed by atoms with Gasteiger partial charge in [0.05, 0.1) is 6.20 Å². The first-order chi connectivity index (χ1) is 6.74. The summed E-state index contributed by atoms with van der Waals surface area (Å²) in [6.07, 6.45) is 3.79. The van der Waals surface area contributed by atoms with Crippen molar-refractivity contribution >= 4 is 16.9 Å². The number of furan rings is 1. The van der Waals surface area contributed by atoms with Crippen LogP contribution in [0.25, 0.3) is 11.0 Å². The van der Waals surface area contributed by atoms with E-state index in [1.165, 1.54) is 6.20 Å². The number of aryl methyl sites for hydroxylation is 1. The van der Waals surface area contributed by atoms with Crippen LogP contribution in [0.4, 0.5) is 0 Å². The van der Waals surface area contributed by atoms with Gasteiger partial charge >= 0.3 is 5.97 Å². The molecule has 72 valence electrons. The molecule has 4 heteroatoms. The van der Waals surface area contributed by atoms with E-state index in [0.717, 1.165) is 10.9 Å². The van der Waals surface area contributed by atoms with Gasteiger partial charge in [0.2, 0.25) is 5.76 Å². The summed E-state index contributed by atoms with van der Waals surface area (Å²) in [7, 11) is 0. The third-order valence-corrected chi connectivity index (χ3v) is 2.14. The fourth-order valence-electron chi connectivity index (χ4n) is 1.53. The number of rotatable bonds is 2. The van der Waals surface area contributed by atoms with Gasteiger partial charge in [0, 0.05) is 17.1 Å². The molecule has 2 heterocycles. The van der Waals surface area contributed by atoms with E-state index in [1.807, 2.05) is 6.92 Å². The number of carboxylic acids is 1. The molecule has 0 aliphatic heterocycles. The highest BCUT2D eigenvalue weighted by Crippen LogP contribution is 2.25. The number of nitrogens with zero attached hydrogens (tertiary/aromatic N) is 1. The maximum atomic E-state index is 10.8. The van der Waals surface area contributed by atoms with E-state index >= 15 is 0 Å². The van der Waals surface area contributed by atoms with Crippen LogP contribution in [0.1, 0.15) is 23.0 Å². The van der Waals surface area contributed by atoms with Gasteiger partial charge in [-0.15, -0.1) is 0 Å². The summed E-state index contributed by atoms with van der Waals surface area (Å²) >= 11 is 0. The van der Waals surface area contributed by atoms with Crippen LogP contribution in [-0.4, -0.2) is 16.1 Å². The van der Waals surface area contributed by atoms with Crippen molar-refractivity contribution in [2.45, 2.75) is 13.3 Å². The second kappa shape index (κ2) is 3.14. The SMILES string of the molecule is CCc1c(C(=O)O)oc2cnccc12. The molecule has 0 saturated carbocycles. The maximum Gasteiger partial charge on any atom is 0.372 e. The molecule has 1 N–H and O–H groups in total. The maximum absolute atomic E-state index is 10.8. The van der Waals surface area contributed by atoms with Crippen molar-refractivity contribution < 1.29 is 14.3 Å². The molecule has 0 unspecified atom stereocenters. The zero-order valence-corrected chi connectivity index (χ0v) is 7.65. The average Bonchev–Trinajstić information content (AvgIpc) is 2.56. The van der Waals surface area contributed by atoms with E-state index in [-0.39, 0.29) is 5.76 Å². The van der Waals surface area contributed by atoms with Crippen molar-refractivity contribution in [2.75, 3.05) is 0 Å². The Morgan fingerprint density at radius 2 is 2.43 bits per heavy atom. The van der Waals surface area contributed by atoms with E-state index in [0.29, 0.717) is 12.0 Å². The number of pyridine rings is 1. The molecule has 0 bridgehead atoms. The standard InChI is InChI=1S/C10H9NO3/c1-2-6-7-3-4-11-5-8(7)14-9(6)10(12)13/h3-5H,2H2,1H3,(H,12,13). The summed E-state index contributed by atoms with van der Waals surface area (Å²) in [5.74, 6) is -1.01. The Morgan fingerprint density at radius 3 is 3.07 bits per heavy atom. The molecule has 2 aromatic rings. The summed E-state index contributed by atoms with van der Waals surface area (Å²) in [4.78, 5) is 14.7. The second-order valence-corrected chi connectivity index (χ2v) is 2.94. The molecular formula is C10H9NO3. The van der Waals surface area contributed by atoms with Crippen molar-refractivity contribution in [1.29, 1.82) is 0 Å². The van der Waals surface area contributed by atoms with Gasteiger partial charge < -0.3 is 9.52 Å². The summed E-state index contributed by atoms with van der Waals surface area (Å²) in [5, 5.41) is 9.72. The Balaban J connectivity index is 2.78. The van der Waals surface area contributed by atoms with Crippen molar-refractivity contribution in [3.63, 3.8) is 0 Å². The van der Waals surface area contributed by atoms with Crippen molar-refractivity contribution in [2.24, 2.45) is 0 Å². The van der Waals surface area contributed by atoms with Gasteiger partial charge in [0.25, 0.3) is 0 Å². The smallest absolute Gasteiger partial charge is 0.372 e. The zero-order valence-electron chi connectivity index (χ0n) is 7.65. The van der Waals surface area contributed by atoms with E-state index < -0.39 is 5.97 Å². The lowest BCUT2D eigenvalue weighted by atomic mass is 10.1. The molecule has 14 heavy (non-hydrogen) atoms. The Kier molecular flexibility index (Phi) is 1.96. The first-order valence-electron chi connectivity index (χ1n) is 4.32. The molecule has 0 amide bonds. The van der Waals surface area contributed by atoms with Gasteiger partial charge in [0.15, 0.2) is 5.58 Å². The lowest BCUT2D eigenvalue weighted by Gasteiger charge is -1.92. The Bertz CT molecular complexity index is 487. The molecular weight excluding hydrogens is 182 g/mol. The van der Waals surface area contributed by atoms with Crippen LogP contribution in [0, 0.1) is 0 Å². The summed E-state index contributed by atoms with van der Waals surface area (Å²) in [6, 6.07) is 1.77. The van der Waals surface area contributed by atoms with Crippen LogP contribution >= 0.6 is 0 Å². The molecule has 0 aliphatic rings. The Morgan fingerprint density at radius 1 is 1.64 bits per heavy atom. The number of hydrogen-bond donors (Lipinski definition) is 1. The quantitative estimate of drug-likeness (QED) is 0.789. The first-order valence-corrected chi connectivity index (χ1v) is 4.32. The van der Waals surface area contributed by atoms with Crippen molar-refractivity contribution in [1.82, 2.24) is 4.98 Å². The number of fused-ring (bicyclic) bond motifs is 1. The topological polar surface area (TPSA) is 63.3 Å². The fraction of sp³-hybridized carbons (Fsp3) is 0.200. The molecule has 2 aromatic heterocycles. The summed E-state index contributed by atoms with van der Waals surface area (Å²) in [5.41, 5.74) is 1.26. The van der Waals surface area contributed by atoms with Gasteiger partial charge in [-0.2, -0.15) is 0 Å². The molecule has 0 spiro atoms. The van der Waals surface area contributed by atoms with Crippen LogP contribution < -0.4 is 0 Å². The Labute approximate surface area is 80.2 Å². The average molecular weight is 191 g/mol.